The Morgan fingerprint density at radius 1 is 0.968 bits per heavy atom. The van der Waals surface area contributed by atoms with Gasteiger partial charge in [-0.2, -0.15) is 18.2 Å². The first-order chi connectivity index (χ1) is 14.7. The molecule has 0 unspecified atom stereocenters. The second-order valence-electron chi connectivity index (χ2n) is 7.34. The molecule has 2 aromatic heterocycles. The highest BCUT2D eigenvalue weighted by Crippen LogP contribution is 2.37. The summed E-state index contributed by atoms with van der Waals surface area (Å²) in [6, 6.07) is 12.3. The van der Waals surface area contributed by atoms with Gasteiger partial charge in [0.2, 0.25) is 12.2 Å². The molecule has 31 heavy (non-hydrogen) atoms. The summed E-state index contributed by atoms with van der Waals surface area (Å²) < 4.78 is 52.6. The van der Waals surface area contributed by atoms with Crippen molar-refractivity contribution < 1.29 is 22.4 Å². The standard InChI is InChI=1S/C21H18F3N5O2/c1-20(2,31-14-10-8-13(9-11-14)17-25-12-30-28-17)19-27-26-18(29(19)3)15-6-4-5-7-16(15)21(22,23)24/h4-12H,1-3H3. The van der Waals surface area contributed by atoms with E-state index in [2.05, 4.69) is 20.3 Å². The maximum atomic E-state index is 13.4. The Bertz CT molecular complexity index is 1180. The lowest BCUT2D eigenvalue weighted by Crippen LogP contribution is -2.29. The van der Waals surface area contributed by atoms with Gasteiger partial charge in [-0.25, -0.2) is 0 Å². The van der Waals surface area contributed by atoms with Gasteiger partial charge >= 0.3 is 6.18 Å². The zero-order valence-electron chi connectivity index (χ0n) is 16.9. The van der Waals surface area contributed by atoms with Crippen molar-refractivity contribution in [2.75, 3.05) is 0 Å². The van der Waals surface area contributed by atoms with Crippen LogP contribution >= 0.6 is 0 Å². The van der Waals surface area contributed by atoms with Crippen molar-refractivity contribution in [1.82, 2.24) is 24.9 Å². The van der Waals surface area contributed by atoms with Crippen molar-refractivity contribution in [3.05, 3.63) is 66.3 Å². The van der Waals surface area contributed by atoms with E-state index in [1.807, 2.05) is 0 Å². The number of aromatic nitrogens is 5. The summed E-state index contributed by atoms with van der Waals surface area (Å²) in [7, 11) is 1.61. The molecule has 0 spiro atoms. The number of alkyl halides is 3. The third kappa shape index (κ3) is 4.00. The predicted molar refractivity (Wildman–Crippen MR) is 105 cm³/mol. The summed E-state index contributed by atoms with van der Waals surface area (Å²) >= 11 is 0. The third-order valence-corrected chi connectivity index (χ3v) is 4.73. The molecule has 0 saturated carbocycles. The largest absolute Gasteiger partial charge is 0.480 e. The van der Waals surface area contributed by atoms with Crippen molar-refractivity contribution in [3.8, 4) is 28.5 Å². The zero-order chi connectivity index (χ0) is 22.2. The molecule has 2 aromatic carbocycles. The number of rotatable bonds is 5. The molecule has 4 aromatic rings. The van der Waals surface area contributed by atoms with Gasteiger partial charge in [0, 0.05) is 18.2 Å². The summed E-state index contributed by atoms with van der Waals surface area (Å²) in [5.74, 6) is 1.47. The summed E-state index contributed by atoms with van der Waals surface area (Å²) in [5.41, 5.74) is -1.03. The Kier molecular flexibility index (Phi) is 5.00. The molecule has 0 radical (unpaired) electrons. The SMILES string of the molecule is Cn1c(-c2ccccc2C(F)(F)F)nnc1C(C)(C)Oc1ccc(-c2ncon2)cc1. The lowest BCUT2D eigenvalue weighted by Gasteiger charge is -2.25. The van der Waals surface area contributed by atoms with E-state index in [-0.39, 0.29) is 11.4 Å². The molecule has 0 fully saturated rings. The molecule has 0 aliphatic rings. The van der Waals surface area contributed by atoms with Crippen molar-refractivity contribution in [1.29, 1.82) is 0 Å². The first-order valence-electron chi connectivity index (χ1n) is 9.29. The molecule has 0 saturated heterocycles. The van der Waals surface area contributed by atoms with Crippen molar-refractivity contribution in [2.24, 2.45) is 7.05 Å². The van der Waals surface area contributed by atoms with E-state index in [1.165, 1.54) is 29.2 Å². The van der Waals surface area contributed by atoms with Crippen LogP contribution in [0.4, 0.5) is 13.2 Å². The number of benzene rings is 2. The highest BCUT2D eigenvalue weighted by molar-refractivity contribution is 5.61. The minimum absolute atomic E-state index is 0.0449. The Labute approximate surface area is 175 Å². The molecule has 160 valence electrons. The van der Waals surface area contributed by atoms with Crippen LogP contribution in [0.25, 0.3) is 22.8 Å². The maximum absolute atomic E-state index is 13.4. The fourth-order valence-electron chi connectivity index (χ4n) is 3.32. The Morgan fingerprint density at radius 2 is 1.68 bits per heavy atom. The predicted octanol–water partition coefficient (Wildman–Crippen LogP) is 4.87. The van der Waals surface area contributed by atoms with Gasteiger partial charge < -0.3 is 13.8 Å². The van der Waals surface area contributed by atoms with Crippen molar-refractivity contribution >= 4 is 0 Å². The van der Waals surface area contributed by atoms with E-state index < -0.39 is 17.3 Å². The molecular weight excluding hydrogens is 411 g/mol. The van der Waals surface area contributed by atoms with Gasteiger partial charge in [-0.1, -0.05) is 23.4 Å². The van der Waals surface area contributed by atoms with Gasteiger partial charge in [0.25, 0.3) is 0 Å². The number of ether oxygens (including phenoxy) is 1. The van der Waals surface area contributed by atoms with E-state index in [9.17, 15) is 13.2 Å². The van der Waals surface area contributed by atoms with Crippen molar-refractivity contribution in [2.45, 2.75) is 25.6 Å². The van der Waals surface area contributed by atoms with Gasteiger partial charge in [-0.05, 0) is 44.2 Å². The van der Waals surface area contributed by atoms with Gasteiger partial charge in [0.1, 0.15) is 5.75 Å². The summed E-state index contributed by atoms with van der Waals surface area (Å²) in [4.78, 5) is 3.99. The van der Waals surface area contributed by atoms with Crippen LogP contribution < -0.4 is 4.74 Å². The first-order valence-corrected chi connectivity index (χ1v) is 9.29. The third-order valence-electron chi connectivity index (χ3n) is 4.73. The van der Waals surface area contributed by atoms with Gasteiger partial charge in [0.15, 0.2) is 17.2 Å². The molecule has 2 heterocycles. The van der Waals surface area contributed by atoms with Crippen LogP contribution in [0, 0.1) is 0 Å². The van der Waals surface area contributed by atoms with E-state index in [1.54, 1.807) is 45.2 Å². The molecule has 0 aliphatic heterocycles. The number of halogens is 3. The smallest absolute Gasteiger partial charge is 0.417 e. The summed E-state index contributed by atoms with van der Waals surface area (Å²) in [5, 5.41) is 11.9. The summed E-state index contributed by atoms with van der Waals surface area (Å²) in [6.45, 7) is 3.53. The van der Waals surface area contributed by atoms with Gasteiger partial charge in [-0.15, -0.1) is 10.2 Å². The highest BCUT2D eigenvalue weighted by Gasteiger charge is 2.36. The fourth-order valence-corrected chi connectivity index (χ4v) is 3.32. The van der Waals surface area contributed by atoms with E-state index in [0.29, 0.717) is 17.4 Å². The van der Waals surface area contributed by atoms with Crippen LogP contribution in [0.15, 0.2) is 59.4 Å². The Hall–Kier alpha value is -3.69. The first kappa shape index (κ1) is 20.6. The maximum Gasteiger partial charge on any atom is 0.417 e. The average molecular weight is 429 g/mol. The fraction of sp³-hybridized carbons (Fsp3) is 0.238. The van der Waals surface area contributed by atoms with E-state index in [0.717, 1.165) is 11.6 Å². The average Bonchev–Trinajstić information content (AvgIpc) is 3.38. The topological polar surface area (TPSA) is 78.9 Å². The van der Waals surface area contributed by atoms with Crippen LogP contribution in [0.3, 0.4) is 0 Å². The van der Waals surface area contributed by atoms with E-state index >= 15 is 0 Å². The van der Waals surface area contributed by atoms with Crippen LogP contribution in [-0.4, -0.2) is 24.9 Å². The highest BCUT2D eigenvalue weighted by atomic mass is 19.4. The molecule has 0 atom stereocenters. The monoisotopic (exact) mass is 429 g/mol. The molecule has 7 nitrogen and oxygen atoms in total. The minimum atomic E-state index is -4.50. The van der Waals surface area contributed by atoms with E-state index in [4.69, 9.17) is 9.26 Å². The van der Waals surface area contributed by atoms with Crippen LogP contribution in [0.1, 0.15) is 25.2 Å². The molecule has 0 bridgehead atoms. The van der Waals surface area contributed by atoms with Gasteiger partial charge in [-0.3, -0.25) is 0 Å². The second-order valence-corrected chi connectivity index (χ2v) is 7.34. The van der Waals surface area contributed by atoms with Gasteiger partial charge in [0.05, 0.1) is 5.56 Å². The second kappa shape index (κ2) is 7.53. The lowest BCUT2D eigenvalue weighted by molar-refractivity contribution is -0.137. The van der Waals surface area contributed by atoms with Crippen LogP contribution in [0.2, 0.25) is 0 Å². The van der Waals surface area contributed by atoms with Crippen molar-refractivity contribution in [3.63, 3.8) is 0 Å². The molecule has 0 N–H and O–H groups in total. The quantitative estimate of drug-likeness (QED) is 0.451. The summed E-state index contributed by atoms with van der Waals surface area (Å²) in [6.07, 6.45) is -3.26. The molecule has 0 aliphatic carbocycles. The number of hydrogen-bond donors (Lipinski definition) is 0. The molecule has 10 heteroatoms. The normalized spacial score (nSPS) is 12.2. The van der Waals surface area contributed by atoms with Crippen LogP contribution in [0.5, 0.6) is 5.75 Å². The number of nitrogens with zero attached hydrogens (tertiary/aromatic N) is 5. The molecular formula is C21H18F3N5O2. The zero-order valence-corrected chi connectivity index (χ0v) is 16.9. The lowest BCUT2D eigenvalue weighted by atomic mass is 10.1. The molecule has 0 amide bonds. The number of hydrogen-bond acceptors (Lipinski definition) is 6. The van der Waals surface area contributed by atoms with Crippen LogP contribution in [-0.2, 0) is 18.8 Å². The Balaban J connectivity index is 1.63. The minimum Gasteiger partial charge on any atom is -0.480 e. The molecule has 4 rings (SSSR count). The Morgan fingerprint density at radius 3 is 2.32 bits per heavy atom.